The normalized spacial score (nSPS) is 14.2. The SMILES string of the molecule is CCn1cc(N)c(C(=O)N2CCc3ccccc3C2)n1. The second-order valence-electron chi connectivity index (χ2n) is 5.03. The van der Waals surface area contributed by atoms with Gasteiger partial charge in [-0.05, 0) is 24.5 Å². The van der Waals surface area contributed by atoms with Crippen LogP contribution in [-0.4, -0.2) is 27.1 Å². The molecule has 0 saturated heterocycles. The van der Waals surface area contributed by atoms with Gasteiger partial charge in [0.2, 0.25) is 0 Å². The van der Waals surface area contributed by atoms with Crippen LogP contribution in [0.2, 0.25) is 0 Å². The Balaban J connectivity index is 1.84. The molecule has 1 aromatic heterocycles. The summed E-state index contributed by atoms with van der Waals surface area (Å²) in [4.78, 5) is 14.4. The van der Waals surface area contributed by atoms with Crippen molar-refractivity contribution in [3.05, 3.63) is 47.3 Å². The van der Waals surface area contributed by atoms with E-state index in [0.29, 0.717) is 31.0 Å². The maximum atomic E-state index is 12.5. The van der Waals surface area contributed by atoms with Gasteiger partial charge in [-0.15, -0.1) is 0 Å². The van der Waals surface area contributed by atoms with E-state index in [0.717, 1.165) is 6.42 Å². The lowest BCUT2D eigenvalue weighted by atomic mass is 10.00. The predicted molar refractivity (Wildman–Crippen MR) is 77.2 cm³/mol. The summed E-state index contributed by atoms with van der Waals surface area (Å²) >= 11 is 0. The molecule has 0 radical (unpaired) electrons. The van der Waals surface area contributed by atoms with Gasteiger partial charge in [0.1, 0.15) is 0 Å². The van der Waals surface area contributed by atoms with E-state index < -0.39 is 0 Å². The number of aryl methyl sites for hydroxylation is 1. The van der Waals surface area contributed by atoms with Gasteiger partial charge in [0.25, 0.3) is 5.91 Å². The predicted octanol–water partition coefficient (Wildman–Crippen LogP) is 1.68. The lowest BCUT2D eigenvalue weighted by Crippen LogP contribution is -2.36. The number of hydrogen-bond donors (Lipinski definition) is 1. The Bertz CT molecular complexity index is 647. The smallest absolute Gasteiger partial charge is 0.276 e. The molecular formula is C15H18N4O. The van der Waals surface area contributed by atoms with E-state index in [1.165, 1.54) is 11.1 Å². The summed E-state index contributed by atoms with van der Waals surface area (Å²) in [6.45, 7) is 4.03. The van der Waals surface area contributed by atoms with Crippen molar-refractivity contribution >= 4 is 11.6 Å². The molecule has 1 aliphatic heterocycles. The van der Waals surface area contributed by atoms with E-state index >= 15 is 0 Å². The fourth-order valence-corrected chi connectivity index (χ4v) is 2.58. The van der Waals surface area contributed by atoms with Crippen LogP contribution in [0.4, 0.5) is 5.69 Å². The third kappa shape index (κ3) is 2.15. The van der Waals surface area contributed by atoms with Gasteiger partial charge < -0.3 is 10.6 Å². The number of aromatic nitrogens is 2. The Hall–Kier alpha value is -2.30. The molecule has 5 nitrogen and oxygen atoms in total. The van der Waals surface area contributed by atoms with Crippen molar-refractivity contribution < 1.29 is 4.79 Å². The number of amides is 1. The number of nitrogens with zero attached hydrogens (tertiary/aromatic N) is 3. The molecule has 0 bridgehead atoms. The van der Waals surface area contributed by atoms with E-state index in [9.17, 15) is 4.79 Å². The fraction of sp³-hybridized carbons (Fsp3) is 0.333. The molecule has 0 fully saturated rings. The molecule has 0 unspecified atom stereocenters. The second kappa shape index (κ2) is 5.00. The zero-order valence-corrected chi connectivity index (χ0v) is 11.5. The van der Waals surface area contributed by atoms with Crippen LogP contribution in [0.25, 0.3) is 0 Å². The maximum absolute atomic E-state index is 12.5. The minimum atomic E-state index is -0.0794. The lowest BCUT2D eigenvalue weighted by Gasteiger charge is -2.28. The number of nitrogen functional groups attached to an aromatic ring is 1. The number of carbonyl (C=O) groups is 1. The first kappa shape index (κ1) is 12.7. The molecule has 104 valence electrons. The topological polar surface area (TPSA) is 64.2 Å². The van der Waals surface area contributed by atoms with Crippen molar-refractivity contribution in [3.8, 4) is 0 Å². The van der Waals surface area contributed by atoms with Crippen LogP contribution < -0.4 is 5.73 Å². The van der Waals surface area contributed by atoms with Gasteiger partial charge in [-0.1, -0.05) is 24.3 Å². The molecule has 3 rings (SSSR count). The fourth-order valence-electron chi connectivity index (χ4n) is 2.58. The van der Waals surface area contributed by atoms with Gasteiger partial charge in [0.05, 0.1) is 5.69 Å². The Labute approximate surface area is 118 Å². The lowest BCUT2D eigenvalue weighted by molar-refractivity contribution is 0.0729. The highest BCUT2D eigenvalue weighted by Gasteiger charge is 2.25. The summed E-state index contributed by atoms with van der Waals surface area (Å²) in [6, 6.07) is 8.24. The number of nitrogens with two attached hydrogens (primary N) is 1. The number of hydrogen-bond acceptors (Lipinski definition) is 3. The van der Waals surface area contributed by atoms with E-state index in [-0.39, 0.29) is 5.91 Å². The zero-order chi connectivity index (χ0) is 14.1. The third-order valence-corrected chi connectivity index (χ3v) is 3.73. The van der Waals surface area contributed by atoms with Gasteiger partial charge in [-0.25, -0.2) is 0 Å². The molecule has 0 saturated carbocycles. The summed E-state index contributed by atoms with van der Waals surface area (Å²) in [5.41, 5.74) is 9.24. The van der Waals surface area contributed by atoms with Crippen LogP contribution in [0, 0.1) is 0 Å². The first-order valence-electron chi connectivity index (χ1n) is 6.88. The molecule has 1 amide bonds. The van der Waals surface area contributed by atoms with Crippen LogP contribution >= 0.6 is 0 Å². The van der Waals surface area contributed by atoms with Crippen LogP contribution in [0.15, 0.2) is 30.5 Å². The van der Waals surface area contributed by atoms with E-state index in [2.05, 4.69) is 17.2 Å². The molecule has 20 heavy (non-hydrogen) atoms. The average Bonchev–Trinajstić information content (AvgIpc) is 2.87. The summed E-state index contributed by atoms with van der Waals surface area (Å²) in [5, 5.41) is 4.26. The van der Waals surface area contributed by atoms with Crippen molar-refractivity contribution in [3.63, 3.8) is 0 Å². The largest absolute Gasteiger partial charge is 0.396 e. The zero-order valence-electron chi connectivity index (χ0n) is 11.5. The third-order valence-electron chi connectivity index (χ3n) is 3.73. The summed E-state index contributed by atoms with van der Waals surface area (Å²) in [6.07, 6.45) is 2.60. The van der Waals surface area contributed by atoms with Gasteiger partial charge in [0.15, 0.2) is 5.69 Å². The van der Waals surface area contributed by atoms with Crippen LogP contribution in [0.3, 0.4) is 0 Å². The summed E-state index contributed by atoms with van der Waals surface area (Å²) < 4.78 is 1.69. The van der Waals surface area contributed by atoms with E-state index in [1.807, 2.05) is 24.0 Å². The Morgan fingerprint density at radius 2 is 2.10 bits per heavy atom. The van der Waals surface area contributed by atoms with Gasteiger partial charge in [-0.3, -0.25) is 9.48 Å². The number of rotatable bonds is 2. The molecule has 2 aromatic rings. The number of benzene rings is 1. The average molecular weight is 270 g/mol. The number of carbonyl (C=O) groups excluding carboxylic acids is 1. The highest BCUT2D eigenvalue weighted by atomic mass is 16.2. The highest BCUT2D eigenvalue weighted by Crippen LogP contribution is 2.21. The van der Waals surface area contributed by atoms with Gasteiger partial charge in [-0.2, -0.15) is 5.10 Å². The molecule has 2 heterocycles. The Kier molecular flexibility index (Phi) is 3.18. The molecule has 1 aliphatic rings. The number of fused-ring (bicyclic) bond motifs is 1. The van der Waals surface area contributed by atoms with Crippen molar-refractivity contribution in [2.75, 3.05) is 12.3 Å². The van der Waals surface area contributed by atoms with Crippen molar-refractivity contribution in [1.82, 2.24) is 14.7 Å². The van der Waals surface area contributed by atoms with Crippen LogP contribution in [0.5, 0.6) is 0 Å². The van der Waals surface area contributed by atoms with E-state index in [1.54, 1.807) is 10.9 Å². The number of anilines is 1. The molecule has 2 N–H and O–H groups in total. The summed E-state index contributed by atoms with van der Waals surface area (Å²) in [5.74, 6) is -0.0794. The molecule has 0 spiro atoms. The maximum Gasteiger partial charge on any atom is 0.276 e. The van der Waals surface area contributed by atoms with Crippen molar-refractivity contribution in [1.29, 1.82) is 0 Å². The highest BCUT2D eigenvalue weighted by molar-refractivity contribution is 5.97. The molecular weight excluding hydrogens is 252 g/mol. The standard InChI is InChI=1S/C15H18N4O/c1-2-19-10-13(16)14(17-19)15(20)18-8-7-11-5-3-4-6-12(11)9-18/h3-6,10H,2,7-9,16H2,1H3. The first-order valence-corrected chi connectivity index (χ1v) is 6.88. The monoisotopic (exact) mass is 270 g/mol. The molecule has 0 atom stereocenters. The first-order chi connectivity index (χ1) is 9.69. The molecule has 1 aromatic carbocycles. The minimum absolute atomic E-state index is 0.0794. The summed E-state index contributed by atoms with van der Waals surface area (Å²) in [7, 11) is 0. The second-order valence-corrected chi connectivity index (χ2v) is 5.03. The van der Waals surface area contributed by atoms with Crippen molar-refractivity contribution in [2.45, 2.75) is 26.4 Å². The Morgan fingerprint density at radius 1 is 1.35 bits per heavy atom. The quantitative estimate of drug-likeness (QED) is 0.903. The Morgan fingerprint density at radius 3 is 2.80 bits per heavy atom. The molecule has 0 aliphatic carbocycles. The van der Waals surface area contributed by atoms with E-state index in [4.69, 9.17) is 5.73 Å². The molecule has 5 heteroatoms. The minimum Gasteiger partial charge on any atom is -0.396 e. The van der Waals surface area contributed by atoms with Crippen molar-refractivity contribution in [2.24, 2.45) is 0 Å². The van der Waals surface area contributed by atoms with Crippen LogP contribution in [-0.2, 0) is 19.5 Å². The van der Waals surface area contributed by atoms with Gasteiger partial charge >= 0.3 is 0 Å². The van der Waals surface area contributed by atoms with Gasteiger partial charge in [0, 0.05) is 25.8 Å². The van der Waals surface area contributed by atoms with Crippen LogP contribution in [0.1, 0.15) is 28.5 Å².